The fourth-order valence-corrected chi connectivity index (χ4v) is 6.06. The van der Waals surface area contributed by atoms with Gasteiger partial charge in [-0.15, -0.1) is 0 Å². The van der Waals surface area contributed by atoms with E-state index in [4.69, 9.17) is 4.74 Å². The molecule has 1 atom stereocenters. The number of hydrogen-bond donors (Lipinski definition) is 1. The van der Waals surface area contributed by atoms with E-state index in [9.17, 15) is 19.2 Å². The van der Waals surface area contributed by atoms with Gasteiger partial charge in [-0.1, -0.05) is 80.6 Å². The van der Waals surface area contributed by atoms with Gasteiger partial charge in [-0.25, -0.2) is 0 Å². The predicted molar refractivity (Wildman–Crippen MR) is 181 cm³/mol. The predicted octanol–water partition coefficient (Wildman–Crippen LogP) is 5.58. The minimum absolute atomic E-state index is 0.108. The maximum absolute atomic E-state index is 14.4. The monoisotopic (exact) mass is 630 g/mol. The quantitative estimate of drug-likeness (QED) is 0.230. The molecule has 1 N–H and O–H groups in total. The van der Waals surface area contributed by atoms with Crippen LogP contribution < -0.4 is 15.1 Å². The summed E-state index contributed by atoms with van der Waals surface area (Å²) in [6, 6.07) is 30.4. The summed E-state index contributed by atoms with van der Waals surface area (Å²) in [5, 5.41) is 3.04. The zero-order valence-corrected chi connectivity index (χ0v) is 26.6. The summed E-state index contributed by atoms with van der Waals surface area (Å²) in [4.78, 5) is 59.4. The third-order valence-electron chi connectivity index (χ3n) is 8.68. The molecule has 4 aromatic rings. The molecule has 0 radical (unpaired) electrons. The molecule has 2 heterocycles. The van der Waals surface area contributed by atoms with Crippen molar-refractivity contribution in [2.45, 2.75) is 32.4 Å². The highest BCUT2D eigenvalue weighted by molar-refractivity contribution is 6.52. The summed E-state index contributed by atoms with van der Waals surface area (Å²) in [5.74, 6) is -2.00. The summed E-state index contributed by atoms with van der Waals surface area (Å²) in [7, 11) is 0. The Hall–Kier alpha value is -5.28. The molecule has 0 spiro atoms. The first-order valence-electron chi connectivity index (χ1n) is 15.9. The lowest BCUT2D eigenvalue weighted by Gasteiger charge is -2.33. The molecule has 1 fully saturated rings. The Labute approximate surface area is 274 Å². The van der Waals surface area contributed by atoms with Gasteiger partial charge in [0.25, 0.3) is 17.6 Å². The third-order valence-corrected chi connectivity index (χ3v) is 8.68. The van der Waals surface area contributed by atoms with Crippen molar-refractivity contribution in [3.8, 4) is 0 Å². The number of amides is 3. The summed E-state index contributed by atoms with van der Waals surface area (Å²) in [5.41, 5.74) is 4.83. The van der Waals surface area contributed by atoms with Crippen LogP contribution in [0.15, 0.2) is 103 Å². The Morgan fingerprint density at radius 1 is 0.809 bits per heavy atom. The molecule has 9 nitrogen and oxygen atoms in total. The zero-order chi connectivity index (χ0) is 32.9. The number of Topliss-reactive ketones (excluding diaryl/α,β-unsaturated/α-hetero) is 1. The van der Waals surface area contributed by atoms with Crippen molar-refractivity contribution in [2.24, 2.45) is 0 Å². The van der Waals surface area contributed by atoms with Crippen molar-refractivity contribution in [3.63, 3.8) is 0 Å². The molecule has 2 aliphatic rings. The smallest absolute Gasteiger partial charge is 0.299 e. The van der Waals surface area contributed by atoms with Crippen molar-refractivity contribution < 1.29 is 23.9 Å². The molecule has 2 aliphatic heterocycles. The number of para-hydroxylation sites is 1. The van der Waals surface area contributed by atoms with Crippen LogP contribution in [-0.2, 0) is 25.7 Å². The van der Waals surface area contributed by atoms with Crippen molar-refractivity contribution in [1.82, 2.24) is 4.90 Å². The summed E-state index contributed by atoms with van der Waals surface area (Å²) >= 11 is 0. The Morgan fingerprint density at radius 2 is 1.45 bits per heavy atom. The number of nitrogens with zero attached hydrogens (tertiary/aromatic N) is 3. The molecule has 0 aromatic heterocycles. The van der Waals surface area contributed by atoms with E-state index < -0.39 is 36.1 Å². The number of nitrogens with one attached hydrogen (secondary N) is 1. The van der Waals surface area contributed by atoms with Crippen LogP contribution in [0, 0.1) is 0 Å². The largest absolute Gasteiger partial charge is 0.378 e. The SMILES string of the molecule is CC(C)c1ccc(C(C(=O)Nc2ccc(N3CCOCC3)cc2)N(Cc2ccccc2)C(=O)CN2C(=O)C(=O)c3ccccc32)cc1. The summed E-state index contributed by atoms with van der Waals surface area (Å²) in [6.45, 7) is 6.84. The number of benzene rings is 4. The van der Waals surface area contributed by atoms with E-state index >= 15 is 0 Å². The minimum Gasteiger partial charge on any atom is -0.378 e. The summed E-state index contributed by atoms with van der Waals surface area (Å²) in [6.07, 6.45) is 0. The molecule has 47 heavy (non-hydrogen) atoms. The molecule has 3 amide bonds. The van der Waals surface area contributed by atoms with Crippen LogP contribution in [0.5, 0.6) is 0 Å². The van der Waals surface area contributed by atoms with Crippen LogP contribution >= 0.6 is 0 Å². The fourth-order valence-electron chi connectivity index (χ4n) is 6.06. The minimum atomic E-state index is -1.04. The normalized spacial score (nSPS) is 15.0. The Balaban J connectivity index is 1.34. The molecular weight excluding hydrogens is 592 g/mol. The molecule has 1 saturated heterocycles. The lowest BCUT2D eigenvalue weighted by Crippen LogP contribution is -2.46. The van der Waals surface area contributed by atoms with Crippen LogP contribution in [0.25, 0.3) is 0 Å². The molecule has 4 aromatic carbocycles. The van der Waals surface area contributed by atoms with Crippen LogP contribution in [0.3, 0.4) is 0 Å². The lowest BCUT2D eigenvalue weighted by molar-refractivity contribution is -0.139. The number of anilines is 3. The van der Waals surface area contributed by atoms with Crippen LogP contribution in [-0.4, -0.2) is 61.3 Å². The van der Waals surface area contributed by atoms with Crippen LogP contribution in [0.2, 0.25) is 0 Å². The second-order valence-electron chi connectivity index (χ2n) is 12.1. The molecule has 240 valence electrons. The van der Waals surface area contributed by atoms with Gasteiger partial charge in [-0.05, 0) is 59.0 Å². The highest BCUT2D eigenvalue weighted by atomic mass is 16.5. The second-order valence-corrected chi connectivity index (χ2v) is 12.1. The number of carbonyl (C=O) groups is 4. The van der Waals surface area contributed by atoms with Gasteiger partial charge < -0.3 is 19.9 Å². The second kappa shape index (κ2) is 14.0. The first-order chi connectivity index (χ1) is 22.8. The Kier molecular flexibility index (Phi) is 9.45. The van der Waals surface area contributed by atoms with E-state index in [1.54, 1.807) is 24.3 Å². The van der Waals surface area contributed by atoms with E-state index in [1.807, 2.05) is 78.9 Å². The fraction of sp³-hybridized carbons (Fsp3) is 0.263. The van der Waals surface area contributed by atoms with E-state index in [-0.39, 0.29) is 18.0 Å². The van der Waals surface area contributed by atoms with Gasteiger partial charge in [0.2, 0.25) is 5.91 Å². The average Bonchev–Trinajstić information content (AvgIpc) is 3.34. The Bertz CT molecular complexity index is 1750. The number of ketones is 1. The Morgan fingerprint density at radius 3 is 2.13 bits per heavy atom. The van der Waals surface area contributed by atoms with Gasteiger partial charge >= 0.3 is 0 Å². The number of ether oxygens (including phenoxy) is 1. The molecule has 0 saturated carbocycles. The molecule has 9 heteroatoms. The van der Waals surface area contributed by atoms with Gasteiger partial charge in [0.1, 0.15) is 12.6 Å². The van der Waals surface area contributed by atoms with E-state index in [1.165, 1.54) is 9.80 Å². The zero-order valence-electron chi connectivity index (χ0n) is 26.6. The third kappa shape index (κ3) is 6.95. The summed E-state index contributed by atoms with van der Waals surface area (Å²) < 4.78 is 5.47. The van der Waals surface area contributed by atoms with Gasteiger partial charge in [-0.2, -0.15) is 0 Å². The number of carbonyl (C=O) groups excluding carboxylic acids is 4. The molecule has 6 rings (SSSR count). The van der Waals surface area contributed by atoms with E-state index in [0.717, 1.165) is 29.9 Å². The molecule has 0 bridgehead atoms. The first kappa shape index (κ1) is 31.7. The standard InChI is InChI=1S/C38H38N4O5/c1-26(2)28-12-14-29(15-13-28)35(37(45)39-30-16-18-31(19-17-30)40-20-22-47-23-21-40)42(24-27-8-4-3-5-9-27)34(43)25-41-33-11-7-6-10-32(33)36(44)38(41)46/h3-19,26,35H,20-25H2,1-2H3,(H,39,45). The highest BCUT2D eigenvalue weighted by Crippen LogP contribution is 2.31. The molecular formula is C38H38N4O5. The molecule has 0 aliphatic carbocycles. The maximum atomic E-state index is 14.4. The van der Waals surface area contributed by atoms with E-state index in [2.05, 4.69) is 24.1 Å². The number of rotatable bonds is 10. The van der Waals surface area contributed by atoms with E-state index in [0.29, 0.717) is 30.2 Å². The van der Waals surface area contributed by atoms with Gasteiger partial charge in [0, 0.05) is 31.0 Å². The van der Waals surface area contributed by atoms with Crippen LogP contribution in [0.4, 0.5) is 17.1 Å². The van der Waals surface area contributed by atoms with Crippen molar-refractivity contribution in [2.75, 3.05) is 48.0 Å². The maximum Gasteiger partial charge on any atom is 0.299 e. The number of hydrogen-bond acceptors (Lipinski definition) is 6. The van der Waals surface area contributed by atoms with Crippen LogP contribution in [0.1, 0.15) is 52.9 Å². The number of morpholine rings is 1. The topological polar surface area (TPSA) is 99.3 Å². The lowest BCUT2D eigenvalue weighted by atomic mass is 9.97. The number of fused-ring (bicyclic) bond motifs is 1. The van der Waals surface area contributed by atoms with Gasteiger partial charge in [-0.3, -0.25) is 24.1 Å². The van der Waals surface area contributed by atoms with Gasteiger partial charge in [0.05, 0.1) is 24.5 Å². The van der Waals surface area contributed by atoms with Crippen molar-refractivity contribution in [1.29, 1.82) is 0 Å². The van der Waals surface area contributed by atoms with Gasteiger partial charge in [0.15, 0.2) is 0 Å². The van der Waals surface area contributed by atoms with Crippen molar-refractivity contribution >= 4 is 40.6 Å². The molecule has 1 unspecified atom stereocenters. The highest BCUT2D eigenvalue weighted by Gasteiger charge is 2.39. The van der Waals surface area contributed by atoms with Crippen molar-refractivity contribution in [3.05, 3.63) is 125 Å². The first-order valence-corrected chi connectivity index (χ1v) is 15.9. The average molecular weight is 631 g/mol.